The minimum atomic E-state index is -3.82. The standard InChI is InChI=1S/C11H10ClNO4S/c1-7-6-8(2-3-9(7)18(12,16)17)13-10(14)4-5-11(13)15/h2-3,6H,4-5H2,1H3. The molecular formula is C11H10ClNO4S. The van der Waals surface area contributed by atoms with Crippen molar-refractivity contribution in [2.45, 2.75) is 24.7 Å². The van der Waals surface area contributed by atoms with E-state index in [1.54, 1.807) is 6.92 Å². The number of aryl methyl sites for hydroxylation is 1. The fourth-order valence-corrected chi connectivity index (χ4v) is 3.10. The highest BCUT2D eigenvalue weighted by molar-refractivity contribution is 8.13. The Bertz CT molecular complexity index is 622. The third-order valence-corrected chi connectivity index (χ3v) is 4.21. The molecular weight excluding hydrogens is 278 g/mol. The molecule has 0 saturated carbocycles. The van der Waals surface area contributed by atoms with Gasteiger partial charge in [-0.25, -0.2) is 8.42 Å². The van der Waals surface area contributed by atoms with Crippen LogP contribution in [0, 0.1) is 6.92 Å². The van der Waals surface area contributed by atoms with E-state index in [1.165, 1.54) is 18.2 Å². The van der Waals surface area contributed by atoms with Gasteiger partial charge in [-0.1, -0.05) is 0 Å². The molecule has 1 aliphatic rings. The van der Waals surface area contributed by atoms with E-state index < -0.39 is 9.05 Å². The topological polar surface area (TPSA) is 71.5 Å². The maximum absolute atomic E-state index is 11.5. The monoisotopic (exact) mass is 287 g/mol. The third kappa shape index (κ3) is 2.26. The molecule has 2 rings (SSSR count). The molecule has 0 spiro atoms. The van der Waals surface area contributed by atoms with E-state index in [0.29, 0.717) is 11.3 Å². The van der Waals surface area contributed by atoms with Crippen molar-refractivity contribution in [3.63, 3.8) is 0 Å². The second-order valence-electron chi connectivity index (χ2n) is 4.01. The summed E-state index contributed by atoms with van der Waals surface area (Å²) in [6.45, 7) is 1.56. The summed E-state index contributed by atoms with van der Waals surface area (Å²) in [6.07, 6.45) is 0.376. The van der Waals surface area contributed by atoms with Gasteiger partial charge in [-0.3, -0.25) is 14.5 Å². The minimum absolute atomic E-state index is 0.0213. The van der Waals surface area contributed by atoms with Crippen molar-refractivity contribution in [1.82, 2.24) is 0 Å². The van der Waals surface area contributed by atoms with Crippen molar-refractivity contribution in [3.05, 3.63) is 23.8 Å². The van der Waals surface area contributed by atoms with Gasteiger partial charge in [-0.15, -0.1) is 0 Å². The lowest BCUT2D eigenvalue weighted by molar-refractivity contribution is -0.121. The molecule has 0 bridgehead atoms. The van der Waals surface area contributed by atoms with Crippen molar-refractivity contribution >= 4 is 37.2 Å². The SMILES string of the molecule is Cc1cc(N2C(=O)CCC2=O)ccc1S(=O)(=O)Cl. The lowest BCUT2D eigenvalue weighted by atomic mass is 10.2. The Morgan fingerprint density at radius 2 is 1.72 bits per heavy atom. The van der Waals surface area contributed by atoms with Crippen LogP contribution in [0.3, 0.4) is 0 Å². The molecule has 1 saturated heterocycles. The summed E-state index contributed by atoms with van der Waals surface area (Å²) in [6, 6.07) is 4.17. The van der Waals surface area contributed by atoms with Gasteiger partial charge in [0.15, 0.2) is 0 Å². The lowest BCUT2D eigenvalue weighted by Gasteiger charge is -2.15. The first-order valence-electron chi connectivity index (χ1n) is 5.22. The van der Waals surface area contributed by atoms with Gasteiger partial charge in [0, 0.05) is 23.5 Å². The molecule has 1 aromatic carbocycles. The highest BCUT2D eigenvalue weighted by Gasteiger charge is 2.30. The molecule has 1 aromatic rings. The third-order valence-electron chi connectivity index (χ3n) is 2.73. The van der Waals surface area contributed by atoms with E-state index in [9.17, 15) is 18.0 Å². The molecule has 7 heteroatoms. The van der Waals surface area contributed by atoms with Crippen molar-refractivity contribution in [3.8, 4) is 0 Å². The first-order valence-corrected chi connectivity index (χ1v) is 7.53. The van der Waals surface area contributed by atoms with Crippen LogP contribution >= 0.6 is 10.7 Å². The highest BCUT2D eigenvalue weighted by Crippen LogP contribution is 2.27. The molecule has 96 valence electrons. The summed E-state index contributed by atoms with van der Waals surface area (Å²) in [5, 5.41) is 0. The van der Waals surface area contributed by atoms with Crippen molar-refractivity contribution in [2.24, 2.45) is 0 Å². The van der Waals surface area contributed by atoms with Crippen molar-refractivity contribution < 1.29 is 18.0 Å². The van der Waals surface area contributed by atoms with Crippen LogP contribution in [0.2, 0.25) is 0 Å². The Kier molecular flexibility index (Phi) is 3.16. The summed E-state index contributed by atoms with van der Waals surface area (Å²) >= 11 is 0. The summed E-state index contributed by atoms with van der Waals surface area (Å²) < 4.78 is 22.5. The maximum atomic E-state index is 11.5. The van der Waals surface area contributed by atoms with Gasteiger partial charge < -0.3 is 0 Å². The zero-order valence-electron chi connectivity index (χ0n) is 9.51. The number of carbonyl (C=O) groups excluding carboxylic acids is 2. The number of benzene rings is 1. The smallest absolute Gasteiger partial charge is 0.261 e. The summed E-state index contributed by atoms with van der Waals surface area (Å²) in [4.78, 5) is 24.1. The fourth-order valence-electron chi connectivity index (χ4n) is 1.91. The molecule has 18 heavy (non-hydrogen) atoms. The van der Waals surface area contributed by atoms with Crippen molar-refractivity contribution in [1.29, 1.82) is 0 Å². The maximum Gasteiger partial charge on any atom is 0.261 e. The van der Waals surface area contributed by atoms with Crippen LogP contribution in [0.25, 0.3) is 0 Å². The molecule has 0 N–H and O–H groups in total. The number of amides is 2. The molecule has 1 heterocycles. The number of imide groups is 1. The summed E-state index contributed by atoms with van der Waals surface area (Å²) in [7, 11) is 1.44. The van der Waals surface area contributed by atoms with E-state index in [0.717, 1.165) is 4.90 Å². The quantitative estimate of drug-likeness (QED) is 0.611. The normalized spacial score (nSPS) is 16.4. The molecule has 2 amide bonds. The van der Waals surface area contributed by atoms with Gasteiger partial charge in [-0.05, 0) is 30.7 Å². The van der Waals surface area contributed by atoms with Gasteiger partial charge >= 0.3 is 0 Å². The Balaban J connectivity index is 2.47. The van der Waals surface area contributed by atoms with Crippen LogP contribution in [-0.2, 0) is 18.6 Å². The number of hydrogen-bond acceptors (Lipinski definition) is 4. The number of hydrogen-bond donors (Lipinski definition) is 0. The molecule has 1 aliphatic heterocycles. The van der Waals surface area contributed by atoms with Crippen LogP contribution in [0.15, 0.2) is 23.1 Å². The lowest BCUT2D eigenvalue weighted by Crippen LogP contribution is -2.28. The van der Waals surface area contributed by atoms with Gasteiger partial charge in [0.05, 0.1) is 10.6 Å². The number of anilines is 1. The molecule has 0 aliphatic carbocycles. The highest BCUT2D eigenvalue weighted by atomic mass is 35.7. The average Bonchev–Trinajstić information content (AvgIpc) is 2.56. The van der Waals surface area contributed by atoms with E-state index in [2.05, 4.69) is 0 Å². The number of rotatable bonds is 2. The van der Waals surface area contributed by atoms with Crippen LogP contribution in [0.4, 0.5) is 5.69 Å². The Morgan fingerprint density at radius 1 is 1.17 bits per heavy atom. The summed E-state index contributed by atoms with van der Waals surface area (Å²) in [5.74, 6) is -0.554. The molecule has 0 unspecified atom stereocenters. The van der Waals surface area contributed by atoms with Gasteiger partial charge in [0.25, 0.3) is 9.05 Å². The summed E-state index contributed by atoms with van der Waals surface area (Å²) in [5.41, 5.74) is 0.777. The van der Waals surface area contributed by atoms with Gasteiger partial charge in [0.2, 0.25) is 11.8 Å². The second kappa shape index (κ2) is 4.37. The van der Waals surface area contributed by atoms with Crippen LogP contribution in [-0.4, -0.2) is 20.2 Å². The average molecular weight is 288 g/mol. The Labute approximate surface area is 109 Å². The van der Waals surface area contributed by atoms with Crippen LogP contribution in [0.5, 0.6) is 0 Å². The largest absolute Gasteiger partial charge is 0.274 e. The number of carbonyl (C=O) groups is 2. The molecule has 0 radical (unpaired) electrons. The zero-order chi connectivity index (χ0) is 13.5. The molecule has 0 aromatic heterocycles. The molecule has 0 atom stereocenters. The molecule has 5 nitrogen and oxygen atoms in total. The van der Waals surface area contributed by atoms with Crippen LogP contribution in [0.1, 0.15) is 18.4 Å². The first kappa shape index (κ1) is 13.0. The van der Waals surface area contributed by atoms with E-state index in [1.807, 2.05) is 0 Å². The van der Waals surface area contributed by atoms with Crippen LogP contribution < -0.4 is 4.90 Å². The first-order chi connectivity index (χ1) is 8.30. The fraction of sp³-hybridized carbons (Fsp3) is 0.273. The van der Waals surface area contributed by atoms with Gasteiger partial charge in [0.1, 0.15) is 0 Å². The minimum Gasteiger partial charge on any atom is -0.274 e. The second-order valence-corrected chi connectivity index (χ2v) is 6.54. The van der Waals surface area contributed by atoms with Crippen molar-refractivity contribution in [2.75, 3.05) is 4.90 Å². The Morgan fingerprint density at radius 3 is 2.17 bits per heavy atom. The molecule has 1 fully saturated rings. The zero-order valence-corrected chi connectivity index (χ0v) is 11.1. The number of halogens is 1. The predicted octanol–water partition coefficient (Wildman–Crippen LogP) is 1.58. The number of nitrogens with zero attached hydrogens (tertiary/aromatic N) is 1. The van der Waals surface area contributed by atoms with E-state index in [-0.39, 0.29) is 29.6 Å². The predicted molar refractivity (Wildman–Crippen MR) is 65.9 cm³/mol. The van der Waals surface area contributed by atoms with E-state index in [4.69, 9.17) is 10.7 Å². The van der Waals surface area contributed by atoms with E-state index >= 15 is 0 Å². The Hall–Kier alpha value is -1.40. The van der Waals surface area contributed by atoms with Gasteiger partial charge in [-0.2, -0.15) is 0 Å².